The number of aromatic hydroxyl groups is 1. The van der Waals surface area contributed by atoms with Crippen molar-refractivity contribution in [2.24, 2.45) is 17.6 Å². The monoisotopic (exact) mass is 559 g/mol. The van der Waals surface area contributed by atoms with Gasteiger partial charge in [0.2, 0.25) is 5.78 Å². The lowest BCUT2D eigenvalue weighted by atomic mass is 9.57. The number of hydrogen-bond donors (Lipinski definition) is 6. The molecule has 0 aromatic heterocycles. The first kappa shape index (κ1) is 28.2. The van der Waals surface area contributed by atoms with Gasteiger partial charge in [0.1, 0.15) is 28.7 Å². The SMILES string of the molecule is CN(C)[C@@H]1C(=O)C(C(N)=O)=C(O)[C@@]2(O)C(=O)C3=C(O)c4c(O)cc(CN5CCC[C@@H]5CCO)c(F)c4C[C@H]3C[C@@H]12. The fourth-order valence-electron chi connectivity index (χ4n) is 7.26. The second-order valence-corrected chi connectivity index (χ2v) is 11.5. The van der Waals surface area contributed by atoms with E-state index in [9.17, 15) is 39.9 Å². The van der Waals surface area contributed by atoms with E-state index in [2.05, 4.69) is 0 Å². The number of hydrogen-bond acceptors (Lipinski definition) is 10. The highest BCUT2D eigenvalue weighted by Gasteiger charge is 2.64. The average Bonchev–Trinajstić information content (AvgIpc) is 3.30. The van der Waals surface area contributed by atoms with Gasteiger partial charge in [-0.05, 0) is 64.7 Å². The maximum atomic E-state index is 16.0. The molecule has 1 saturated carbocycles. The molecule has 1 aliphatic heterocycles. The van der Waals surface area contributed by atoms with E-state index in [0.29, 0.717) is 13.0 Å². The molecule has 0 radical (unpaired) electrons. The average molecular weight is 560 g/mol. The molecular formula is C28H34FN3O8. The van der Waals surface area contributed by atoms with Gasteiger partial charge in [-0.3, -0.25) is 24.2 Å². The Labute approximate surface area is 230 Å². The maximum Gasteiger partial charge on any atom is 0.255 e. The quantitative estimate of drug-likeness (QED) is 0.267. The predicted molar refractivity (Wildman–Crippen MR) is 139 cm³/mol. The molecule has 40 heavy (non-hydrogen) atoms. The lowest BCUT2D eigenvalue weighted by Gasteiger charge is -2.50. The first-order valence-corrected chi connectivity index (χ1v) is 13.4. The molecule has 0 bridgehead atoms. The first-order chi connectivity index (χ1) is 18.8. The summed E-state index contributed by atoms with van der Waals surface area (Å²) in [7, 11) is 3.03. The molecule has 4 aliphatic rings. The summed E-state index contributed by atoms with van der Waals surface area (Å²) in [4.78, 5) is 42.5. The number of carbonyl (C=O) groups excluding carboxylic acids is 3. The van der Waals surface area contributed by atoms with Crippen LogP contribution in [0, 0.1) is 17.7 Å². The number of halogens is 1. The van der Waals surface area contributed by atoms with E-state index in [1.54, 1.807) is 0 Å². The van der Waals surface area contributed by atoms with Crippen molar-refractivity contribution in [2.45, 2.75) is 56.3 Å². The zero-order chi connectivity index (χ0) is 29.3. The molecule has 0 unspecified atom stereocenters. The molecule has 0 spiro atoms. The molecule has 2 fully saturated rings. The molecule has 5 rings (SSSR count). The van der Waals surface area contributed by atoms with Crippen LogP contribution in [-0.2, 0) is 27.3 Å². The van der Waals surface area contributed by atoms with E-state index in [0.717, 1.165) is 12.8 Å². The molecule has 7 N–H and O–H groups in total. The number of likely N-dealkylation sites (tertiary alicyclic amines) is 1. The number of rotatable bonds is 6. The molecule has 5 atom stereocenters. The van der Waals surface area contributed by atoms with Crippen molar-refractivity contribution in [3.63, 3.8) is 0 Å². The molecule has 3 aliphatic carbocycles. The molecule has 1 aromatic rings. The second-order valence-electron chi connectivity index (χ2n) is 11.5. The zero-order valence-corrected chi connectivity index (χ0v) is 22.4. The second kappa shape index (κ2) is 9.95. The van der Waals surface area contributed by atoms with Crippen LogP contribution in [0.5, 0.6) is 5.75 Å². The number of primary amides is 1. The number of aliphatic hydroxyl groups excluding tert-OH is 3. The predicted octanol–water partition coefficient (Wildman–Crippen LogP) is 0.450. The Hall–Kier alpha value is -3.32. The molecule has 12 heteroatoms. The number of aliphatic hydroxyl groups is 4. The van der Waals surface area contributed by atoms with Crippen molar-refractivity contribution in [2.75, 3.05) is 27.2 Å². The smallest absolute Gasteiger partial charge is 0.255 e. The number of amides is 1. The minimum atomic E-state index is -2.74. The van der Waals surface area contributed by atoms with Gasteiger partial charge in [0.25, 0.3) is 5.91 Å². The highest BCUT2D eigenvalue weighted by molar-refractivity contribution is 6.24. The van der Waals surface area contributed by atoms with Crippen LogP contribution in [0.2, 0.25) is 0 Å². The zero-order valence-electron chi connectivity index (χ0n) is 22.4. The molecule has 11 nitrogen and oxygen atoms in total. The van der Waals surface area contributed by atoms with Gasteiger partial charge in [0.15, 0.2) is 11.4 Å². The topological polar surface area (TPSA) is 185 Å². The number of Topliss-reactive ketones (excluding diaryl/α,β-unsaturated/α-hetero) is 2. The van der Waals surface area contributed by atoms with Crippen LogP contribution in [0.15, 0.2) is 23.0 Å². The van der Waals surface area contributed by atoms with Gasteiger partial charge in [0.05, 0.1) is 11.6 Å². The van der Waals surface area contributed by atoms with Crippen molar-refractivity contribution < 1.29 is 44.3 Å². The summed E-state index contributed by atoms with van der Waals surface area (Å²) in [5.74, 6) is -8.34. The van der Waals surface area contributed by atoms with Crippen molar-refractivity contribution >= 4 is 23.2 Å². The highest BCUT2D eigenvalue weighted by Crippen LogP contribution is 2.53. The fourth-order valence-corrected chi connectivity index (χ4v) is 7.26. The van der Waals surface area contributed by atoms with Gasteiger partial charge in [-0.2, -0.15) is 0 Å². The number of phenolic OH excluding ortho intramolecular Hbond substituents is 1. The number of benzene rings is 1. The third-order valence-electron chi connectivity index (χ3n) is 9.06. The van der Waals surface area contributed by atoms with E-state index in [4.69, 9.17) is 5.73 Å². The fraction of sp³-hybridized carbons (Fsp3) is 0.536. The van der Waals surface area contributed by atoms with Crippen LogP contribution in [0.3, 0.4) is 0 Å². The number of likely N-dealkylation sites (N-methyl/N-ethyl adjacent to an activating group) is 1. The molecule has 1 aromatic carbocycles. The standard InChI is InChI=1S/C28H34FN3O8/c1-31(2)22-16-9-12-8-15-19(17(34)10-13(21(15)29)11-32-6-3-4-14(32)5-7-33)23(35)18(12)25(37)28(16,40)26(38)20(24(22)36)27(30)39/h10,12,14,16,22,33-35,38,40H,3-9,11H2,1-2H3,(H2,30,39)/t12-,14+,16-,22-,28-/m0/s1. The van der Waals surface area contributed by atoms with E-state index in [1.807, 2.05) is 4.90 Å². The van der Waals surface area contributed by atoms with Crippen LogP contribution in [0.1, 0.15) is 42.4 Å². The Balaban J connectivity index is 1.61. The summed E-state index contributed by atoms with van der Waals surface area (Å²) in [6, 6.07) is 0.0727. The van der Waals surface area contributed by atoms with Gasteiger partial charge < -0.3 is 31.3 Å². The van der Waals surface area contributed by atoms with Gasteiger partial charge >= 0.3 is 0 Å². The summed E-state index contributed by atoms with van der Waals surface area (Å²) in [5.41, 5.74) is 1.32. The van der Waals surface area contributed by atoms with Crippen LogP contribution >= 0.6 is 0 Å². The number of phenols is 1. The van der Waals surface area contributed by atoms with Crippen LogP contribution < -0.4 is 5.73 Å². The van der Waals surface area contributed by atoms with Crippen LogP contribution in [-0.4, -0.2) is 97.7 Å². The van der Waals surface area contributed by atoms with Gasteiger partial charge in [-0.1, -0.05) is 0 Å². The van der Waals surface area contributed by atoms with E-state index < -0.39 is 69.6 Å². The summed E-state index contributed by atoms with van der Waals surface area (Å²) in [6.45, 7) is 0.900. The van der Waals surface area contributed by atoms with E-state index in [-0.39, 0.29) is 54.3 Å². The minimum Gasteiger partial charge on any atom is -0.508 e. The van der Waals surface area contributed by atoms with Crippen molar-refractivity contribution in [3.8, 4) is 5.75 Å². The lowest BCUT2D eigenvalue weighted by molar-refractivity contribution is -0.153. The largest absolute Gasteiger partial charge is 0.508 e. The molecule has 1 amide bonds. The van der Waals surface area contributed by atoms with Crippen molar-refractivity contribution in [3.05, 3.63) is 45.5 Å². The van der Waals surface area contributed by atoms with Gasteiger partial charge in [-0.25, -0.2) is 4.39 Å². The summed E-state index contributed by atoms with van der Waals surface area (Å²) in [6.07, 6.45) is 2.09. The molecule has 1 heterocycles. The Morgan fingerprint density at radius 2 is 1.95 bits per heavy atom. The summed E-state index contributed by atoms with van der Waals surface area (Å²) >= 11 is 0. The van der Waals surface area contributed by atoms with Gasteiger partial charge in [-0.15, -0.1) is 0 Å². The maximum absolute atomic E-state index is 16.0. The molecular weight excluding hydrogens is 525 g/mol. The molecule has 216 valence electrons. The number of ketones is 2. The Bertz CT molecular complexity index is 1370. The third kappa shape index (κ3) is 3.96. The Morgan fingerprint density at radius 3 is 2.58 bits per heavy atom. The normalized spacial score (nSPS) is 30.6. The van der Waals surface area contributed by atoms with Crippen molar-refractivity contribution in [1.82, 2.24) is 9.80 Å². The Morgan fingerprint density at radius 1 is 1.25 bits per heavy atom. The third-order valence-corrected chi connectivity index (χ3v) is 9.06. The van der Waals surface area contributed by atoms with E-state index in [1.165, 1.54) is 25.1 Å². The number of carbonyl (C=O) groups is 3. The van der Waals surface area contributed by atoms with Gasteiger partial charge in [0, 0.05) is 41.8 Å². The number of nitrogens with two attached hydrogens (primary N) is 1. The minimum absolute atomic E-state index is 0.00583. The summed E-state index contributed by atoms with van der Waals surface area (Å²) in [5, 5.41) is 54.0. The van der Waals surface area contributed by atoms with Crippen molar-refractivity contribution in [1.29, 1.82) is 0 Å². The lowest BCUT2D eigenvalue weighted by Crippen LogP contribution is -2.65. The highest BCUT2D eigenvalue weighted by atomic mass is 19.1. The summed E-state index contributed by atoms with van der Waals surface area (Å²) < 4.78 is 16.0. The molecule has 1 saturated heterocycles. The van der Waals surface area contributed by atoms with Crippen LogP contribution in [0.4, 0.5) is 4.39 Å². The van der Waals surface area contributed by atoms with Crippen LogP contribution in [0.25, 0.3) is 5.76 Å². The Kier molecular flexibility index (Phi) is 7.02. The number of fused-ring (bicyclic) bond motifs is 3. The van der Waals surface area contributed by atoms with E-state index >= 15 is 4.39 Å². The first-order valence-electron chi connectivity index (χ1n) is 13.4. The number of nitrogens with zero attached hydrogens (tertiary/aromatic N) is 2.